The number of aliphatic carboxylic acids is 2. The van der Waals surface area contributed by atoms with Crippen molar-refractivity contribution in [2.45, 2.75) is 135 Å². The Balaban J connectivity index is 3.72. The van der Waals surface area contributed by atoms with Gasteiger partial charge in [0.1, 0.15) is 6.10 Å². The van der Waals surface area contributed by atoms with Gasteiger partial charge in [-0.1, -0.05) is 83.6 Å². The molecule has 0 atom stereocenters. The lowest BCUT2D eigenvalue weighted by Crippen LogP contribution is -2.16. The summed E-state index contributed by atoms with van der Waals surface area (Å²) in [5.41, 5.74) is 0. The highest BCUT2D eigenvalue weighted by atomic mass is 16.5. The summed E-state index contributed by atoms with van der Waals surface area (Å²) >= 11 is 0. The average molecular weight is 455 g/mol. The quantitative estimate of drug-likeness (QED) is 0.0920. The molecular weight excluding hydrogens is 408 g/mol. The minimum Gasteiger partial charge on any atom is -0.481 e. The molecule has 0 aromatic heterocycles. The van der Waals surface area contributed by atoms with Crippen molar-refractivity contribution in [3.63, 3.8) is 0 Å². The van der Waals surface area contributed by atoms with Crippen LogP contribution in [0.2, 0.25) is 0 Å². The van der Waals surface area contributed by atoms with E-state index in [2.05, 4.69) is 6.58 Å². The second kappa shape index (κ2) is 22.3. The zero-order valence-corrected chi connectivity index (χ0v) is 20.0. The molecule has 0 aromatic rings. The van der Waals surface area contributed by atoms with Crippen molar-refractivity contribution in [1.82, 2.24) is 0 Å². The van der Waals surface area contributed by atoms with Crippen LogP contribution in [0.3, 0.4) is 0 Å². The first kappa shape index (κ1) is 30.1. The van der Waals surface area contributed by atoms with Crippen molar-refractivity contribution < 1.29 is 29.3 Å². The third kappa shape index (κ3) is 22.8. The fraction of sp³-hybridized carbons (Fsp3) is 0.808. The first-order chi connectivity index (χ1) is 15.5. The molecule has 0 rings (SSSR count). The Morgan fingerprint density at radius 2 is 0.906 bits per heavy atom. The van der Waals surface area contributed by atoms with E-state index in [-0.39, 0.29) is 24.9 Å². The van der Waals surface area contributed by atoms with E-state index in [0.29, 0.717) is 0 Å². The maximum absolute atomic E-state index is 11.6. The van der Waals surface area contributed by atoms with Crippen LogP contribution in [0.4, 0.5) is 0 Å². The summed E-state index contributed by atoms with van der Waals surface area (Å²) in [7, 11) is 0. The van der Waals surface area contributed by atoms with E-state index >= 15 is 0 Å². The largest absolute Gasteiger partial charge is 0.481 e. The van der Waals surface area contributed by atoms with Crippen molar-refractivity contribution in [3.05, 3.63) is 12.7 Å². The molecule has 6 heteroatoms. The normalized spacial score (nSPS) is 10.9. The lowest BCUT2D eigenvalue weighted by atomic mass is 10.0. The lowest BCUT2D eigenvalue weighted by Gasteiger charge is -2.17. The summed E-state index contributed by atoms with van der Waals surface area (Å²) < 4.78 is 5.53. The summed E-state index contributed by atoms with van der Waals surface area (Å²) in [4.78, 5) is 32.6. The average Bonchev–Trinajstić information content (AvgIpc) is 2.75. The van der Waals surface area contributed by atoms with Crippen LogP contribution in [0, 0.1) is 0 Å². The molecule has 0 radical (unpaired) electrons. The van der Waals surface area contributed by atoms with Crippen LogP contribution in [0.25, 0.3) is 0 Å². The minimum atomic E-state index is -0.707. The second-order valence-corrected chi connectivity index (χ2v) is 8.78. The van der Waals surface area contributed by atoms with Gasteiger partial charge < -0.3 is 14.9 Å². The first-order valence-electron chi connectivity index (χ1n) is 12.7. The number of ether oxygens (including phenoxy) is 1. The summed E-state index contributed by atoms with van der Waals surface area (Å²) in [6.07, 6.45) is 20.8. The van der Waals surface area contributed by atoms with Crippen LogP contribution < -0.4 is 0 Å². The fourth-order valence-corrected chi connectivity index (χ4v) is 3.89. The van der Waals surface area contributed by atoms with Gasteiger partial charge in [0.05, 0.1) is 0 Å². The monoisotopic (exact) mass is 454 g/mol. The molecule has 0 saturated carbocycles. The van der Waals surface area contributed by atoms with E-state index in [1.165, 1.54) is 31.8 Å². The molecule has 0 unspecified atom stereocenters. The third-order valence-electron chi connectivity index (χ3n) is 5.78. The molecule has 0 heterocycles. The Morgan fingerprint density at radius 3 is 1.22 bits per heavy atom. The summed E-state index contributed by atoms with van der Waals surface area (Å²) in [5.74, 6) is -1.75. The van der Waals surface area contributed by atoms with Gasteiger partial charge in [0.25, 0.3) is 0 Å². The number of carbonyl (C=O) groups excluding carboxylic acids is 1. The maximum Gasteiger partial charge on any atom is 0.330 e. The number of unbranched alkanes of at least 4 members (excludes halogenated alkanes) is 14. The number of hydrogen-bond acceptors (Lipinski definition) is 4. The topological polar surface area (TPSA) is 101 Å². The first-order valence-corrected chi connectivity index (χ1v) is 12.7. The number of hydrogen-bond donors (Lipinski definition) is 2. The van der Waals surface area contributed by atoms with Crippen LogP contribution in [0.5, 0.6) is 0 Å². The van der Waals surface area contributed by atoms with E-state index in [1.807, 2.05) is 0 Å². The maximum atomic E-state index is 11.6. The molecule has 0 spiro atoms. The SMILES string of the molecule is C=CC(=O)OC(CCCCCCCCCCC(=O)O)CCCCCCCCCCC(=O)O. The fourth-order valence-electron chi connectivity index (χ4n) is 3.89. The van der Waals surface area contributed by atoms with Gasteiger partial charge in [0.15, 0.2) is 0 Å². The van der Waals surface area contributed by atoms with Gasteiger partial charge in [0.2, 0.25) is 0 Å². The van der Waals surface area contributed by atoms with Crippen LogP contribution in [0.15, 0.2) is 12.7 Å². The molecule has 0 bridgehead atoms. The van der Waals surface area contributed by atoms with Crippen LogP contribution in [0.1, 0.15) is 128 Å². The summed E-state index contributed by atoms with van der Waals surface area (Å²) in [6.45, 7) is 3.50. The molecule has 0 amide bonds. The van der Waals surface area contributed by atoms with E-state index in [4.69, 9.17) is 14.9 Å². The molecule has 0 aliphatic heterocycles. The number of carboxylic acid groups (broad SMARTS) is 2. The smallest absolute Gasteiger partial charge is 0.330 e. The van der Waals surface area contributed by atoms with Gasteiger partial charge in [-0.05, 0) is 38.5 Å². The van der Waals surface area contributed by atoms with Gasteiger partial charge in [0, 0.05) is 18.9 Å². The predicted molar refractivity (Wildman–Crippen MR) is 128 cm³/mol. The highest BCUT2D eigenvalue weighted by Crippen LogP contribution is 2.18. The lowest BCUT2D eigenvalue weighted by molar-refractivity contribution is -0.144. The van der Waals surface area contributed by atoms with Gasteiger partial charge in [-0.25, -0.2) is 4.79 Å². The summed E-state index contributed by atoms with van der Waals surface area (Å²) in [5, 5.41) is 17.2. The molecule has 6 nitrogen and oxygen atoms in total. The predicted octanol–water partition coefficient (Wildman–Crippen LogP) is 7.06. The Morgan fingerprint density at radius 1 is 0.594 bits per heavy atom. The number of carboxylic acids is 2. The van der Waals surface area contributed by atoms with Gasteiger partial charge >= 0.3 is 17.9 Å². The van der Waals surface area contributed by atoms with Crippen molar-refractivity contribution in [3.8, 4) is 0 Å². The molecule has 0 saturated heterocycles. The standard InChI is InChI=1S/C26H46O6/c1-2-26(31)32-23(19-15-11-7-3-5-9-13-17-21-24(27)28)20-16-12-8-4-6-10-14-18-22-25(29)30/h2,23H,1,3-22H2,(H,27,28)(H,29,30). The van der Waals surface area contributed by atoms with Crippen LogP contribution >= 0.6 is 0 Å². The van der Waals surface area contributed by atoms with Gasteiger partial charge in [-0.2, -0.15) is 0 Å². The second-order valence-electron chi connectivity index (χ2n) is 8.78. The zero-order valence-electron chi connectivity index (χ0n) is 20.0. The number of carbonyl (C=O) groups is 3. The molecule has 0 aromatic carbocycles. The van der Waals surface area contributed by atoms with Gasteiger partial charge in [-0.3, -0.25) is 9.59 Å². The summed E-state index contributed by atoms with van der Waals surface area (Å²) in [6, 6.07) is 0. The number of rotatable bonds is 24. The van der Waals surface area contributed by atoms with Gasteiger partial charge in [-0.15, -0.1) is 0 Å². The van der Waals surface area contributed by atoms with E-state index < -0.39 is 11.9 Å². The third-order valence-corrected chi connectivity index (χ3v) is 5.78. The molecule has 0 aliphatic carbocycles. The highest BCUT2D eigenvalue weighted by Gasteiger charge is 2.12. The Kier molecular flexibility index (Phi) is 21.1. The van der Waals surface area contributed by atoms with Crippen LogP contribution in [-0.4, -0.2) is 34.2 Å². The van der Waals surface area contributed by atoms with Crippen molar-refractivity contribution in [2.24, 2.45) is 0 Å². The van der Waals surface area contributed by atoms with Crippen molar-refractivity contribution in [2.75, 3.05) is 0 Å². The number of esters is 1. The Hall–Kier alpha value is -1.85. The molecule has 2 N–H and O–H groups in total. The zero-order chi connectivity index (χ0) is 23.9. The van der Waals surface area contributed by atoms with E-state index in [9.17, 15) is 14.4 Å². The van der Waals surface area contributed by atoms with Crippen molar-refractivity contribution >= 4 is 17.9 Å². The molecular formula is C26H46O6. The van der Waals surface area contributed by atoms with Crippen molar-refractivity contribution in [1.29, 1.82) is 0 Å². The van der Waals surface area contributed by atoms with Crippen LogP contribution in [-0.2, 0) is 19.1 Å². The van der Waals surface area contributed by atoms with E-state index in [0.717, 1.165) is 89.9 Å². The molecule has 186 valence electrons. The highest BCUT2D eigenvalue weighted by molar-refractivity contribution is 5.81. The molecule has 32 heavy (non-hydrogen) atoms. The molecule has 0 fully saturated rings. The van der Waals surface area contributed by atoms with E-state index in [1.54, 1.807) is 0 Å². The Bertz CT molecular complexity index is 469. The molecule has 0 aliphatic rings. The Labute approximate surface area is 194 Å². The minimum absolute atomic E-state index is 0.0208.